The number of fused-ring (bicyclic) bond motifs is 1. The molecule has 0 bridgehead atoms. The Hall–Kier alpha value is -2.83. The molecule has 27 heavy (non-hydrogen) atoms. The molecule has 2 aromatic carbocycles. The van der Waals surface area contributed by atoms with Gasteiger partial charge in [-0.15, -0.1) is 0 Å². The Morgan fingerprint density at radius 3 is 2.59 bits per heavy atom. The van der Waals surface area contributed by atoms with Gasteiger partial charge in [0.2, 0.25) is 5.91 Å². The van der Waals surface area contributed by atoms with Crippen LogP contribution in [0.2, 0.25) is 0 Å². The van der Waals surface area contributed by atoms with Crippen molar-refractivity contribution in [3.05, 3.63) is 65.5 Å². The Bertz CT molecular complexity index is 930. The maximum absolute atomic E-state index is 12.8. The lowest BCUT2D eigenvalue weighted by Crippen LogP contribution is -2.32. The first-order valence-electron chi connectivity index (χ1n) is 8.82. The van der Waals surface area contributed by atoms with E-state index in [1.54, 1.807) is 4.90 Å². The van der Waals surface area contributed by atoms with E-state index >= 15 is 0 Å². The molecular weight excluding hydrogens is 355 g/mol. The molecule has 0 spiro atoms. The van der Waals surface area contributed by atoms with E-state index in [4.69, 9.17) is 0 Å². The number of hydrogen-bond donors (Lipinski definition) is 1. The highest BCUT2D eigenvalue weighted by Gasteiger charge is 2.33. The number of para-hydroxylation sites is 2. The number of benzene rings is 2. The van der Waals surface area contributed by atoms with Crippen molar-refractivity contribution < 1.29 is 18.0 Å². The molecule has 2 heterocycles. The zero-order valence-electron chi connectivity index (χ0n) is 14.5. The standard InChI is InChI=1S/C20H18F3N3O/c21-20(22,23)14-9-7-13(8-10-14)12-18(27)26-11-3-6-17(26)19-24-15-4-1-2-5-16(15)25-19/h1-2,4-5,7-10,17H,3,6,11-12H2,(H,24,25). The molecule has 1 amide bonds. The van der Waals surface area contributed by atoms with E-state index in [1.807, 2.05) is 24.3 Å². The Morgan fingerprint density at radius 1 is 1.15 bits per heavy atom. The van der Waals surface area contributed by atoms with Gasteiger partial charge in [0.05, 0.1) is 29.1 Å². The molecular formula is C20H18F3N3O. The summed E-state index contributed by atoms with van der Waals surface area (Å²) >= 11 is 0. The number of carbonyl (C=O) groups is 1. The molecule has 140 valence electrons. The zero-order valence-corrected chi connectivity index (χ0v) is 14.5. The number of nitrogens with one attached hydrogen (secondary N) is 1. The molecule has 0 radical (unpaired) electrons. The third kappa shape index (κ3) is 3.54. The van der Waals surface area contributed by atoms with Crippen LogP contribution in [0.15, 0.2) is 48.5 Å². The normalized spacial score (nSPS) is 17.6. The van der Waals surface area contributed by atoms with Crippen molar-refractivity contribution in [2.75, 3.05) is 6.54 Å². The van der Waals surface area contributed by atoms with Crippen LogP contribution in [-0.2, 0) is 17.4 Å². The molecule has 4 rings (SSSR count). The van der Waals surface area contributed by atoms with E-state index in [-0.39, 0.29) is 18.4 Å². The highest BCUT2D eigenvalue weighted by molar-refractivity contribution is 5.80. The molecule has 1 N–H and O–H groups in total. The van der Waals surface area contributed by atoms with Crippen molar-refractivity contribution >= 4 is 16.9 Å². The predicted octanol–water partition coefficient (Wildman–Crippen LogP) is 4.49. The lowest BCUT2D eigenvalue weighted by atomic mass is 10.1. The molecule has 1 aromatic heterocycles. The maximum atomic E-state index is 12.8. The average molecular weight is 373 g/mol. The van der Waals surface area contributed by atoms with Gasteiger partial charge in [0, 0.05) is 6.54 Å². The van der Waals surface area contributed by atoms with Crippen molar-refractivity contribution in [1.82, 2.24) is 14.9 Å². The molecule has 3 aromatic rings. The van der Waals surface area contributed by atoms with Crippen LogP contribution in [0.3, 0.4) is 0 Å². The highest BCUT2D eigenvalue weighted by atomic mass is 19.4. The molecule has 7 heteroatoms. The topological polar surface area (TPSA) is 49.0 Å². The molecule has 1 aliphatic heterocycles. The van der Waals surface area contributed by atoms with Crippen LogP contribution in [0.25, 0.3) is 11.0 Å². The minimum Gasteiger partial charge on any atom is -0.340 e. The molecule has 1 unspecified atom stereocenters. The summed E-state index contributed by atoms with van der Waals surface area (Å²) in [5, 5.41) is 0. The second kappa shape index (κ2) is 6.72. The SMILES string of the molecule is O=C(Cc1ccc(C(F)(F)F)cc1)N1CCCC1c1nc2ccccc2[nH]1. The second-order valence-electron chi connectivity index (χ2n) is 6.76. The molecule has 4 nitrogen and oxygen atoms in total. The van der Waals surface area contributed by atoms with E-state index < -0.39 is 11.7 Å². The summed E-state index contributed by atoms with van der Waals surface area (Å²) in [6.07, 6.45) is -2.60. The van der Waals surface area contributed by atoms with E-state index in [1.165, 1.54) is 12.1 Å². The minimum atomic E-state index is -4.37. The van der Waals surface area contributed by atoms with E-state index in [2.05, 4.69) is 9.97 Å². The number of likely N-dealkylation sites (tertiary alicyclic amines) is 1. The van der Waals surface area contributed by atoms with Crippen molar-refractivity contribution in [2.24, 2.45) is 0 Å². The van der Waals surface area contributed by atoms with E-state index in [0.717, 1.165) is 41.8 Å². The fraction of sp³-hybridized carbons (Fsp3) is 0.300. The van der Waals surface area contributed by atoms with Gasteiger partial charge in [0.1, 0.15) is 5.82 Å². The van der Waals surface area contributed by atoms with Crippen LogP contribution in [0, 0.1) is 0 Å². The number of nitrogens with zero attached hydrogens (tertiary/aromatic N) is 2. The van der Waals surface area contributed by atoms with Crippen LogP contribution in [0.1, 0.15) is 35.8 Å². The van der Waals surface area contributed by atoms with Gasteiger partial charge in [-0.05, 0) is 42.7 Å². The number of carbonyl (C=O) groups excluding carboxylic acids is 1. The van der Waals surface area contributed by atoms with Gasteiger partial charge in [-0.3, -0.25) is 4.79 Å². The molecule has 1 atom stereocenters. The molecule has 1 saturated heterocycles. The van der Waals surface area contributed by atoms with Crippen LogP contribution in [0.4, 0.5) is 13.2 Å². The van der Waals surface area contributed by atoms with Gasteiger partial charge >= 0.3 is 6.18 Å². The summed E-state index contributed by atoms with van der Waals surface area (Å²) in [4.78, 5) is 22.4. The Balaban J connectivity index is 1.50. The first-order chi connectivity index (χ1) is 12.9. The Morgan fingerprint density at radius 2 is 1.89 bits per heavy atom. The second-order valence-corrected chi connectivity index (χ2v) is 6.76. The van der Waals surface area contributed by atoms with Crippen LogP contribution in [-0.4, -0.2) is 27.3 Å². The van der Waals surface area contributed by atoms with E-state index in [0.29, 0.717) is 12.1 Å². The lowest BCUT2D eigenvalue weighted by Gasteiger charge is -2.23. The zero-order chi connectivity index (χ0) is 19.0. The summed E-state index contributed by atoms with van der Waals surface area (Å²) in [6, 6.07) is 12.3. The largest absolute Gasteiger partial charge is 0.416 e. The van der Waals surface area contributed by atoms with Gasteiger partial charge < -0.3 is 9.88 Å². The number of alkyl halides is 3. The van der Waals surface area contributed by atoms with Gasteiger partial charge in [-0.1, -0.05) is 24.3 Å². The smallest absolute Gasteiger partial charge is 0.340 e. The summed E-state index contributed by atoms with van der Waals surface area (Å²) in [7, 11) is 0. The van der Waals surface area contributed by atoms with Crippen molar-refractivity contribution in [1.29, 1.82) is 0 Å². The molecule has 1 fully saturated rings. The number of imidazole rings is 1. The van der Waals surface area contributed by atoms with Crippen molar-refractivity contribution in [2.45, 2.75) is 31.5 Å². The highest BCUT2D eigenvalue weighted by Crippen LogP contribution is 2.32. The van der Waals surface area contributed by atoms with Crippen molar-refractivity contribution in [3.8, 4) is 0 Å². The molecule has 0 saturated carbocycles. The van der Waals surface area contributed by atoms with Crippen LogP contribution < -0.4 is 0 Å². The average Bonchev–Trinajstić information content (AvgIpc) is 3.28. The fourth-order valence-corrected chi connectivity index (χ4v) is 3.57. The quantitative estimate of drug-likeness (QED) is 0.736. The van der Waals surface area contributed by atoms with E-state index in [9.17, 15) is 18.0 Å². The summed E-state index contributed by atoms with van der Waals surface area (Å²) in [6.45, 7) is 0.626. The third-order valence-electron chi connectivity index (χ3n) is 4.93. The number of aromatic nitrogens is 2. The molecule has 0 aliphatic carbocycles. The Kier molecular flexibility index (Phi) is 4.37. The first kappa shape index (κ1) is 17.6. The van der Waals surface area contributed by atoms with Gasteiger partial charge in [0.15, 0.2) is 0 Å². The van der Waals surface area contributed by atoms with Crippen molar-refractivity contribution in [3.63, 3.8) is 0 Å². The number of hydrogen-bond acceptors (Lipinski definition) is 2. The van der Waals surface area contributed by atoms with Crippen LogP contribution in [0.5, 0.6) is 0 Å². The van der Waals surface area contributed by atoms with Gasteiger partial charge in [-0.2, -0.15) is 13.2 Å². The summed E-state index contributed by atoms with van der Waals surface area (Å²) in [5.74, 6) is 0.659. The number of halogens is 3. The first-order valence-corrected chi connectivity index (χ1v) is 8.82. The number of H-pyrrole nitrogens is 1. The fourth-order valence-electron chi connectivity index (χ4n) is 3.57. The maximum Gasteiger partial charge on any atom is 0.416 e. The summed E-state index contributed by atoms with van der Waals surface area (Å²) in [5.41, 5.74) is 1.65. The minimum absolute atomic E-state index is 0.0782. The molecule has 1 aliphatic rings. The van der Waals surface area contributed by atoms with Gasteiger partial charge in [0.25, 0.3) is 0 Å². The van der Waals surface area contributed by atoms with Crippen LogP contribution >= 0.6 is 0 Å². The third-order valence-corrected chi connectivity index (χ3v) is 4.93. The predicted molar refractivity (Wildman–Crippen MR) is 94.9 cm³/mol. The van der Waals surface area contributed by atoms with Gasteiger partial charge in [-0.25, -0.2) is 4.98 Å². The monoisotopic (exact) mass is 373 g/mol. The summed E-state index contributed by atoms with van der Waals surface area (Å²) < 4.78 is 38.0. The number of aromatic amines is 1. The number of amides is 1. The lowest BCUT2D eigenvalue weighted by molar-refractivity contribution is -0.137. The Labute approximate surface area is 154 Å². The number of rotatable bonds is 3.